The van der Waals surface area contributed by atoms with E-state index in [2.05, 4.69) is 20.3 Å². The molecule has 0 spiro atoms. The number of alkyl halides is 3. The van der Waals surface area contributed by atoms with Gasteiger partial charge in [0.2, 0.25) is 11.9 Å². The first-order valence-corrected chi connectivity index (χ1v) is 5.67. The molecule has 0 aliphatic rings. The summed E-state index contributed by atoms with van der Waals surface area (Å²) < 4.78 is 41.4. The van der Waals surface area contributed by atoms with Crippen LogP contribution in [0.1, 0.15) is 13.3 Å². The molecule has 0 aromatic carbocycles. The number of nitrogens with zero attached hydrogens (tertiary/aromatic N) is 4. The van der Waals surface area contributed by atoms with Crippen molar-refractivity contribution in [3.8, 4) is 6.01 Å². The first-order valence-electron chi connectivity index (χ1n) is 5.67. The second-order valence-corrected chi connectivity index (χ2v) is 3.76. The number of halogens is 3. The van der Waals surface area contributed by atoms with E-state index in [1.807, 2.05) is 6.92 Å². The molecule has 9 heteroatoms. The van der Waals surface area contributed by atoms with Gasteiger partial charge in [-0.1, -0.05) is 0 Å². The zero-order chi connectivity index (χ0) is 14.5. The molecule has 19 heavy (non-hydrogen) atoms. The summed E-state index contributed by atoms with van der Waals surface area (Å²) in [4.78, 5) is 13.2. The van der Waals surface area contributed by atoms with Crippen molar-refractivity contribution in [1.82, 2.24) is 15.0 Å². The molecule has 1 aromatic rings. The van der Waals surface area contributed by atoms with Gasteiger partial charge in [-0.2, -0.15) is 28.1 Å². The Balaban J connectivity index is 2.82. The van der Waals surface area contributed by atoms with E-state index in [0.29, 0.717) is 6.54 Å². The van der Waals surface area contributed by atoms with E-state index < -0.39 is 12.6 Å². The molecule has 0 aliphatic carbocycles. The van der Waals surface area contributed by atoms with Crippen molar-refractivity contribution in [3.63, 3.8) is 0 Å². The number of methoxy groups -OCH3 is 1. The van der Waals surface area contributed by atoms with Gasteiger partial charge >= 0.3 is 12.2 Å². The summed E-state index contributed by atoms with van der Waals surface area (Å²) in [7, 11) is 2.86. The predicted molar refractivity (Wildman–Crippen MR) is 64.5 cm³/mol. The van der Waals surface area contributed by atoms with Crippen molar-refractivity contribution in [2.24, 2.45) is 0 Å². The summed E-state index contributed by atoms with van der Waals surface area (Å²) >= 11 is 0. The van der Waals surface area contributed by atoms with Gasteiger partial charge in [-0.3, -0.25) is 0 Å². The lowest BCUT2D eigenvalue weighted by Gasteiger charge is -2.18. The third-order valence-electron chi connectivity index (χ3n) is 2.19. The number of hydrogen-bond acceptors (Lipinski definition) is 6. The lowest BCUT2D eigenvalue weighted by Crippen LogP contribution is -2.26. The Bertz CT molecular complexity index is 413. The highest BCUT2D eigenvalue weighted by molar-refractivity contribution is 5.37. The van der Waals surface area contributed by atoms with Crippen molar-refractivity contribution in [2.45, 2.75) is 19.5 Å². The minimum absolute atomic E-state index is 0.0554. The maximum absolute atomic E-state index is 12.2. The number of anilines is 2. The number of nitrogens with one attached hydrogen (secondary N) is 1. The van der Waals surface area contributed by atoms with Crippen LogP contribution in [-0.4, -0.2) is 48.4 Å². The lowest BCUT2D eigenvalue weighted by molar-refractivity contribution is -0.132. The average Bonchev–Trinajstić information content (AvgIpc) is 2.35. The van der Waals surface area contributed by atoms with Crippen molar-refractivity contribution in [3.05, 3.63) is 0 Å². The third-order valence-corrected chi connectivity index (χ3v) is 2.19. The summed E-state index contributed by atoms with van der Waals surface area (Å²) in [6, 6.07) is 0.0554. The van der Waals surface area contributed by atoms with Gasteiger partial charge in [0, 0.05) is 20.1 Å². The molecule has 0 saturated carbocycles. The summed E-state index contributed by atoms with van der Waals surface area (Å²) in [5.41, 5.74) is 0. The van der Waals surface area contributed by atoms with E-state index in [4.69, 9.17) is 4.74 Å². The summed E-state index contributed by atoms with van der Waals surface area (Å²) in [6.07, 6.45) is -5.15. The van der Waals surface area contributed by atoms with Crippen LogP contribution in [0.3, 0.4) is 0 Å². The molecule has 0 aliphatic heterocycles. The second kappa shape index (κ2) is 6.39. The number of aromatic nitrogens is 3. The Morgan fingerprint density at radius 1 is 1.26 bits per heavy atom. The van der Waals surface area contributed by atoms with Crippen molar-refractivity contribution >= 4 is 11.9 Å². The minimum atomic E-state index is -4.21. The van der Waals surface area contributed by atoms with Crippen LogP contribution in [0.15, 0.2) is 0 Å². The topological polar surface area (TPSA) is 63.2 Å². The molecule has 1 rings (SSSR count). The molecular weight excluding hydrogens is 263 g/mol. The average molecular weight is 279 g/mol. The van der Waals surface area contributed by atoms with Gasteiger partial charge in [0.1, 0.15) is 0 Å². The third kappa shape index (κ3) is 5.14. The Kier molecular flexibility index (Phi) is 5.13. The zero-order valence-corrected chi connectivity index (χ0v) is 11.0. The SMILES string of the molecule is CCNc1nc(OC)nc(N(C)CCC(F)(F)F)n1. The molecule has 0 radical (unpaired) electrons. The Morgan fingerprint density at radius 3 is 2.47 bits per heavy atom. The fourth-order valence-corrected chi connectivity index (χ4v) is 1.24. The van der Waals surface area contributed by atoms with Crippen LogP contribution >= 0.6 is 0 Å². The van der Waals surface area contributed by atoms with Crippen LogP contribution < -0.4 is 15.0 Å². The van der Waals surface area contributed by atoms with Gasteiger partial charge in [-0.15, -0.1) is 0 Å². The standard InChI is InChI=1S/C10H16F3N5O/c1-4-14-7-15-8(17-9(16-7)19-3)18(2)6-5-10(11,12)13/h4-6H2,1-3H3,(H,14,15,16,17). The summed E-state index contributed by atoms with van der Waals surface area (Å²) in [5, 5.41) is 2.86. The first-order chi connectivity index (χ1) is 8.85. The number of hydrogen-bond donors (Lipinski definition) is 1. The molecular formula is C10H16F3N5O. The molecule has 0 bridgehead atoms. The maximum atomic E-state index is 12.2. The molecule has 0 unspecified atom stereocenters. The van der Waals surface area contributed by atoms with E-state index in [9.17, 15) is 13.2 Å². The minimum Gasteiger partial charge on any atom is -0.467 e. The first kappa shape index (κ1) is 15.3. The van der Waals surface area contributed by atoms with Gasteiger partial charge in [-0.05, 0) is 6.92 Å². The fraction of sp³-hybridized carbons (Fsp3) is 0.700. The second-order valence-electron chi connectivity index (χ2n) is 3.76. The van der Waals surface area contributed by atoms with Crippen LogP contribution in [0.4, 0.5) is 25.1 Å². The van der Waals surface area contributed by atoms with Crippen molar-refractivity contribution in [1.29, 1.82) is 0 Å². The highest BCUT2D eigenvalue weighted by atomic mass is 19.4. The van der Waals surface area contributed by atoms with Gasteiger partial charge in [0.05, 0.1) is 13.5 Å². The van der Waals surface area contributed by atoms with E-state index in [0.717, 1.165) is 0 Å². The monoisotopic (exact) mass is 279 g/mol. The highest BCUT2D eigenvalue weighted by Gasteiger charge is 2.27. The van der Waals surface area contributed by atoms with Crippen LogP contribution in [0.5, 0.6) is 6.01 Å². The Morgan fingerprint density at radius 2 is 1.95 bits per heavy atom. The van der Waals surface area contributed by atoms with Crippen molar-refractivity contribution in [2.75, 3.05) is 37.5 Å². The predicted octanol–water partition coefficient (Wildman–Crippen LogP) is 1.70. The molecule has 1 heterocycles. The molecule has 0 atom stereocenters. The largest absolute Gasteiger partial charge is 0.467 e. The Labute approximate surface area is 109 Å². The molecule has 6 nitrogen and oxygen atoms in total. The van der Waals surface area contributed by atoms with Crippen LogP contribution in [0, 0.1) is 0 Å². The maximum Gasteiger partial charge on any atom is 0.390 e. The quantitative estimate of drug-likeness (QED) is 0.855. The summed E-state index contributed by atoms with van der Waals surface area (Å²) in [5.74, 6) is 0.398. The normalized spacial score (nSPS) is 11.3. The van der Waals surface area contributed by atoms with E-state index in [-0.39, 0.29) is 24.5 Å². The van der Waals surface area contributed by atoms with Crippen LogP contribution in [-0.2, 0) is 0 Å². The highest BCUT2D eigenvalue weighted by Crippen LogP contribution is 2.21. The van der Waals surface area contributed by atoms with Gasteiger partial charge in [0.15, 0.2) is 0 Å². The molecule has 0 saturated heterocycles. The van der Waals surface area contributed by atoms with Crippen LogP contribution in [0.2, 0.25) is 0 Å². The van der Waals surface area contributed by atoms with E-state index in [1.54, 1.807) is 0 Å². The Hall–Kier alpha value is -1.80. The van der Waals surface area contributed by atoms with Crippen molar-refractivity contribution < 1.29 is 17.9 Å². The van der Waals surface area contributed by atoms with E-state index >= 15 is 0 Å². The smallest absolute Gasteiger partial charge is 0.390 e. The van der Waals surface area contributed by atoms with Gasteiger partial charge < -0.3 is 15.0 Å². The molecule has 1 N–H and O–H groups in total. The molecule has 108 valence electrons. The van der Waals surface area contributed by atoms with Gasteiger partial charge in [0.25, 0.3) is 0 Å². The molecule has 1 aromatic heterocycles. The summed E-state index contributed by atoms with van der Waals surface area (Å²) in [6.45, 7) is 2.20. The number of ether oxygens (including phenoxy) is 1. The van der Waals surface area contributed by atoms with Gasteiger partial charge in [-0.25, -0.2) is 0 Å². The molecule has 0 amide bonds. The lowest BCUT2D eigenvalue weighted by atomic mass is 10.4. The molecule has 0 fully saturated rings. The fourth-order valence-electron chi connectivity index (χ4n) is 1.24. The van der Waals surface area contributed by atoms with Crippen LogP contribution in [0.25, 0.3) is 0 Å². The number of rotatable bonds is 6. The zero-order valence-electron chi connectivity index (χ0n) is 11.0. The van der Waals surface area contributed by atoms with E-state index in [1.165, 1.54) is 19.1 Å².